The molecule has 5 aromatic rings. The molecule has 0 radical (unpaired) electrons. The normalized spacial score (nSPS) is 11.6. The number of ether oxygens (including phenoxy) is 6. The van der Waals surface area contributed by atoms with Gasteiger partial charge in [-0.2, -0.15) is 0 Å². The maximum Gasteiger partial charge on any atom is 0.311 e. The molecule has 0 saturated heterocycles. The van der Waals surface area contributed by atoms with Crippen LogP contribution in [0.2, 0.25) is 56.2 Å². The first-order chi connectivity index (χ1) is 58.3. The molecule has 16 heteroatoms. The van der Waals surface area contributed by atoms with Crippen molar-refractivity contribution in [2.24, 2.45) is 66.5 Å². The van der Waals surface area contributed by atoms with Crippen molar-refractivity contribution in [3.8, 4) is 16.9 Å². The van der Waals surface area contributed by atoms with Crippen LogP contribution in [0.1, 0.15) is 360 Å². The van der Waals surface area contributed by atoms with Crippen LogP contribution in [0.4, 0.5) is 0 Å². The van der Waals surface area contributed by atoms with Gasteiger partial charge in [0.1, 0.15) is 37.0 Å². The Morgan fingerprint density at radius 1 is 0.421 bits per heavy atom. The number of fused-ring (bicyclic) bond motifs is 3. The fourth-order valence-electron chi connectivity index (χ4n) is 8.98. The fourth-order valence-corrected chi connectivity index (χ4v) is 11.4. The van der Waals surface area contributed by atoms with Gasteiger partial charge < -0.3 is 28.4 Å². The number of ketones is 1. The van der Waals surface area contributed by atoms with Crippen LogP contribution in [-0.4, -0.2) is 91.5 Å². The SMILES string of the molecule is C.C.C.C=CCC(C)(C)C.C=CCOC(=O)C(C)(C)C.CB=O.CC(=O)C(C)(C)C.CC(C)(C)C(=O)OCc1ccccc1.CC(C)(C)C(C)(C)C.CC(C)(C)Cc1ccccc1.CC(C)(C)OC(=O)C(C)(C)C.CC(C)C.CC(C)C(=O)OCC1c2ccccc2-c2ccccc21.CC(C)C(=O)OCC[Si](C)(C)C.CC(C)[Si](C)(C)C(C)(C)C.COc1ccc(CC(C)(C)C)cc1. The molecule has 0 bridgehead atoms. The third kappa shape index (κ3) is 82.7. The van der Waals surface area contributed by atoms with Gasteiger partial charge in [-0.3, -0.25) is 28.8 Å². The van der Waals surface area contributed by atoms with Gasteiger partial charge in [-0.25, -0.2) is 0 Å². The number of methoxy groups -OCH3 is 1. The summed E-state index contributed by atoms with van der Waals surface area (Å²) >= 11 is 0. The van der Waals surface area contributed by atoms with E-state index < -0.39 is 32.4 Å². The number of carbonyl (C=O) groups is 6. The number of allylic oxidation sites excluding steroid dienone is 1. The van der Waals surface area contributed by atoms with E-state index in [-0.39, 0.29) is 86.7 Å². The van der Waals surface area contributed by atoms with Crippen molar-refractivity contribution in [1.29, 1.82) is 0 Å². The fraction of sp³-hybridized carbons (Fsp3) is 0.658. The quantitative estimate of drug-likeness (QED) is 0.0395. The number of benzene rings is 5. The smallest absolute Gasteiger partial charge is 0.311 e. The van der Waals surface area contributed by atoms with Crippen LogP contribution in [-0.2, 0) is 76.6 Å². The molecule has 0 fully saturated rings. The maximum absolute atomic E-state index is 11.7. The molecule has 0 amide bonds. The zero-order valence-electron chi connectivity index (χ0n) is 93.2. The molecule has 6 rings (SSSR count). The first-order valence-electron chi connectivity index (χ1n) is 47.2. The first kappa shape index (κ1) is 146. The minimum atomic E-state index is -1.04. The summed E-state index contributed by atoms with van der Waals surface area (Å²) in [6, 6.07) is 46.4. The summed E-state index contributed by atoms with van der Waals surface area (Å²) in [5, 5.41) is 0.557. The Hall–Kier alpha value is -7.30. The number of carbonyl (C=O) groups excluding carboxylic acids is 6. The van der Waals surface area contributed by atoms with E-state index in [1.54, 1.807) is 20.1 Å². The molecule has 0 heterocycles. The molecule has 0 aliphatic heterocycles. The molecule has 1 aliphatic rings. The van der Waals surface area contributed by atoms with Crippen LogP contribution in [0.5, 0.6) is 5.75 Å². The second kappa shape index (κ2) is 68.7. The van der Waals surface area contributed by atoms with E-state index >= 15 is 0 Å². The summed E-state index contributed by atoms with van der Waals surface area (Å²) in [4.78, 5) is 66.8. The number of esters is 5. The second-order valence-corrected chi connectivity index (χ2v) is 60.3. The summed E-state index contributed by atoms with van der Waals surface area (Å²) in [6.07, 6.45) is 6.89. The second-order valence-electron chi connectivity index (χ2n) is 48.6. The Bertz CT molecular complexity index is 3820. The van der Waals surface area contributed by atoms with E-state index in [0.717, 1.165) is 55.2 Å². The summed E-state index contributed by atoms with van der Waals surface area (Å²) in [6.45, 7) is 111. The summed E-state index contributed by atoms with van der Waals surface area (Å²) < 4.78 is 39.6. The molecular formula is C117H211BO13Si2. The molecule has 0 N–H and O–H groups in total. The van der Waals surface area contributed by atoms with Crippen molar-refractivity contribution < 1.29 is 61.9 Å². The largest absolute Gasteiger partial charge is 0.497 e. The van der Waals surface area contributed by atoms with Gasteiger partial charge in [-0.15, -0.1) is 6.58 Å². The molecule has 13 nitrogen and oxygen atoms in total. The van der Waals surface area contributed by atoms with Gasteiger partial charge >= 0.3 is 48.5 Å². The minimum Gasteiger partial charge on any atom is -0.497 e. The molecule has 768 valence electrons. The summed E-state index contributed by atoms with van der Waals surface area (Å²) in [7, 11) is 0.425. The third-order valence-electron chi connectivity index (χ3n) is 20.1. The van der Waals surface area contributed by atoms with Gasteiger partial charge in [0, 0.05) is 19.4 Å². The Labute approximate surface area is 826 Å². The number of Topliss-reactive ketones (excluding diaryl/α,β-unsaturated/α-hetero) is 1. The molecule has 0 aromatic heterocycles. The number of hydrogen-bond donors (Lipinski definition) is 0. The van der Waals surface area contributed by atoms with E-state index in [4.69, 9.17) is 33.1 Å². The van der Waals surface area contributed by atoms with Gasteiger partial charge in [0.25, 0.3) is 0 Å². The minimum absolute atomic E-state index is 0. The van der Waals surface area contributed by atoms with Crippen molar-refractivity contribution >= 4 is 58.9 Å². The molecule has 0 atom stereocenters. The number of hydrogen-bond acceptors (Lipinski definition) is 13. The van der Waals surface area contributed by atoms with Crippen molar-refractivity contribution in [3.63, 3.8) is 0 Å². The Balaban J connectivity index is -0.000000157. The van der Waals surface area contributed by atoms with E-state index in [1.807, 2.05) is 192 Å². The van der Waals surface area contributed by atoms with Crippen LogP contribution in [0.3, 0.4) is 0 Å². The predicted molar refractivity (Wildman–Crippen MR) is 589 cm³/mol. The van der Waals surface area contributed by atoms with Gasteiger partial charge in [-0.05, 0) is 204 Å². The summed E-state index contributed by atoms with van der Waals surface area (Å²) in [5.41, 5.74) is 10.1. The molecule has 1 aliphatic carbocycles. The van der Waals surface area contributed by atoms with E-state index in [0.29, 0.717) is 58.5 Å². The third-order valence-corrected chi connectivity index (χ3v) is 28.5. The van der Waals surface area contributed by atoms with Gasteiger partial charge in [0.15, 0.2) is 0 Å². The molecular weight excluding hydrogens is 1680 g/mol. The van der Waals surface area contributed by atoms with Crippen molar-refractivity contribution in [2.45, 2.75) is 414 Å². The molecule has 5 aromatic carbocycles. The molecule has 0 unspecified atom stereocenters. The van der Waals surface area contributed by atoms with E-state index in [9.17, 15) is 28.8 Å². The van der Waals surface area contributed by atoms with Crippen LogP contribution < -0.4 is 4.74 Å². The standard InChI is InChI=1S/C18H18O2.C12H16O2.C12H18O.C11H16.C9H20O2Si.C9H18O2.C9H22Si.C8H14O2.C8H18.C7H14.C6H12O.C4H10.CH3BO.3CH4/c1-12(2)18(19)20-11-17-15-9-5-3-7-13(15)14-8-4-6-10-16(14)17;1-12(2,3)11(13)14-9-10-7-5-4-6-8-10;1-12(2,3)9-10-5-7-11(13-4)8-6-10;1-11(2,3)9-10-7-5-4-6-8-10;1-8(2)9(10)11-6-7-12(3,4)5;1-8(2,3)7(10)11-9(4,5)6;1-8(2)10(6,7)9(3,4)5;1-5-6-10-7(9)8(2,3)4;1-7(2,3)8(4,5)6;1-5-6-7(2,3)4;1-5(7)6(2,3)4;1-4(2)3;1-2-3;;;/h3-10,12,17H,11H2,1-2H3;4-8H,9H2,1-3H3;5-8H,9H2,1-4H3;4-8H,9H2,1-3H3;8H,6-7H2,1-5H3;1-6H3;8H,1-7H3;5H,1,6H2,2-4H3;1-6H3;5H,1,6H2,2-4H3;1-4H3;4H,1-3H3;1H3;3*1H4. The van der Waals surface area contributed by atoms with Crippen LogP contribution in [0, 0.1) is 66.5 Å². The van der Waals surface area contributed by atoms with Gasteiger partial charge in [0.05, 0.1) is 49.9 Å². The Kier molecular flexibility index (Phi) is 75.4. The van der Waals surface area contributed by atoms with Crippen LogP contribution in [0.25, 0.3) is 11.1 Å². The summed E-state index contributed by atoms with van der Waals surface area (Å²) in [5.74, 6) is 1.38. The Morgan fingerprint density at radius 2 is 0.737 bits per heavy atom. The van der Waals surface area contributed by atoms with E-state index in [1.165, 1.54) is 40.2 Å². The van der Waals surface area contributed by atoms with Gasteiger partial charge in [-0.1, -0.05) is 408 Å². The zero-order valence-corrected chi connectivity index (χ0v) is 95.2. The van der Waals surface area contributed by atoms with Crippen molar-refractivity contribution in [3.05, 3.63) is 187 Å². The molecule has 0 saturated carbocycles. The zero-order chi connectivity index (χ0) is 104. The average Bonchev–Trinajstić information content (AvgIpc) is 1.61. The molecule has 0 spiro atoms. The predicted octanol–water partition coefficient (Wildman–Crippen LogP) is 34.9. The van der Waals surface area contributed by atoms with Crippen molar-refractivity contribution in [1.82, 2.24) is 0 Å². The maximum atomic E-state index is 11.7. The Morgan fingerprint density at radius 3 is 0.977 bits per heavy atom. The number of rotatable bonds is 16. The van der Waals surface area contributed by atoms with Gasteiger partial charge in [0.2, 0.25) is 0 Å². The first-order valence-corrected chi connectivity index (χ1v) is 54.0. The average molecular weight is 1890 g/mol. The molecule has 133 heavy (non-hydrogen) atoms. The van der Waals surface area contributed by atoms with Crippen LogP contribution in [0.15, 0.2) is 159 Å². The topological polar surface area (TPSA) is 175 Å². The monoisotopic (exact) mass is 1890 g/mol. The van der Waals surface area contributed by atoms with E-state index in [2.05, 4.69) is 284 Å². The van der Waals surface area contributed by atoms with Crippen molar-refractivity contribution in [2.75, 3.05) is 26.9 Å². The van der Waals surface area contributed by atoms with Crippen LogP contribution >= 0.6 is 0 Å².